The van der Waals surface area contributed by atoms with Crippen molar-refractivity contribution < 1.29 is 27.5 Å². The van der Waals surface area contributed by atoms with Crippen molar-refractivity contribution in [1.29, 1.82) is 0 Å². The van der Waals surface area contributed by atoms with Gasteiger partial charge in [-0.2, -0.15) is 4.31 Å². The van der Waals surface area contributed by atoms with Crippen LogP contribution in [0.2, 0.25) is 0 Å². The summed E-state index contributed by atoms with van der Waals surface area (Å²) in [7, 11) is -2.43. The molecule has 0 unspecified atom stereocenters. The molecule has 1 aromatic rings. The molecule has 0 aliphatic carbocycles. The first kappa shape index (κ1) is 19.8. The molecule has 25 heavy (non-hydrogen) atoms. The molecule has 0 aromatic carbocycles. The van der Waals surface area contributed by atoms with Crippen LogP contribution in [0.1, 0.15) is 23.7 Å². The Kier molecular flexibility index (Phi) is 6.94. The third-order valence-corrected chi connectivity index (χ3v) is 7.07. The summed E-state index contributed by atoms with van der Waals surface area (Å²) in [4.78, 5) is 25.1. The van der Waals surface area contributed by atoms with Gasteiger partial charge in [0, 0.05) is 38.2 Å². The molecular formula is C15H22N2O6S2. The van der Waals surface area contributed by atoms with Crippen molar-refractivity contribution in [2.75, 3.05) is 46.5 Å². The lowest BCUT2D eigenvalue weighted by atomic mass is 10.3. The van der Waals surface area contributed by atoms with Crippen LogP contribution in [0.15, 0.2) is 15.7 Å². The minimum atomic E-state index is -3.68. The van der Waals surface area contributed by atoms with Crippen molar-refractivity contribution in [3.05, 3.63) is 17.0 Å². The number of rotatable bonds is 7. The summed E-state index contributed by atoms with van der Waals surface area (Å²) in [6.45, 7) is 3.59. The van der Waals surface area contributed by atoms with E-state index in [4.69, 9.17) is 4.74 Å². The van der Waals surface area contributed by atoms with Gasteiger partial charge in [0.2, 0.25) is 5.91 Å². The summed E-state index contributed by atoms with van der Waals surface area (Å²) < 4.78 is 36.6. The SMILES string of the molecule is CCCOCC(=O)N1CCN(S(=O)(=O)c2cc(C(=O)OC)cs2)CC1. The number of thiophene rings is 1. The maximum atomic E-state index is 12.7. The fourth-order valence-electron chi connectivity index (χ4n) is 2.38. The van der Waals surface area contributed by atoms with E-state index in [-0.39, 0.29) is 35.4 Å². The highest BCUT2D eigenvalue weighted by atomic mass is 32.2. The molecule has 1 saturated heterocycles. The first-order valence-corrected chi connectivity index (χ1v) is 10.2. The number of methoxy groups -OCH3 is 1. The lowest BCUT2D eigenvalue weighted by Gasteiger charge is -2.33. The average Bonchev–Trinajstić information content (AvgIpc) is 3.12. The highest BCUT2D eigenvalue weighted by Crippen LogP contribution is 2.25. The van der Waals surface area contributed by atoms with E-state index in [0.29, 0.717) is 19.7 Å². The van der Waals surface area contributed by atoms with Gasteiger partial charge in [-0.3, -0.25) is 4.79 Å². The molecule has 0 bridgehead atoms. The van der Waals surface area contributed by atoms with Gasteiger partial charge < -0.3 is 14.4 Å². The maximum Gasteiger partial charge on any atom is 0.338 e. The molecule has 140 valence electrons. The van der Waals surface area contributed by atoms with Crippen molar-refractivity contribution in [2.24, 2.45) is 0 Å². The quantitative estimate of drug-likeness (QED) is 0.505. The van der Waals surface area contributed by atoms with E-state index >= 15 is 0 Å². The molecule has 1 aliphatic heterocycles. The Bertz CT molecular complexity index is 707. The second-order valence-corrected chi connectivity index (χ2v) is 8.56. The van der Waals surface area contributed by atoms with Crippen molar-refractivity contribution in [2.45, 2.75) is 17.6 Å². The van der Waals surface area contributed by atoms with Crippen LogP contribution in [0.5, 0.6) is 0 Å². The van der Waals surface area contributed by atoms with Gasteiger partial charge >= 0.3 is 5.97 Å². The first-order chi connectivity index (χ1) is 11.9. The number of esters is 1. The lowest BCUT2D eigenvalue weighted by Crippen LogP contribution is -2.51. The predicted molar refractivity (Wildman–Crippen MR) is 92.1 cm³/mol. The number of carbonyl (C=O) groups excluding carboxylic acids is 2. The molecule has 1 amide bonds. The first-order valence-electron chi connectivity index (χ1n) is 7.92. The van der Waals surface area contributed by atoms with Gasteiger partial charge in [0.05, 0.1) is 12.7 Å². The second-order valence-electron chi connectivity index (χ2n) is 5.48. The molecule has 2 rings (SSSR count). The van der Waals surface area contributed by atoms with Crippen molar-refractivity contribution in [3.63, 3.8) is 0 Å². The lowest BCUT2D eigenvalue weighted by molar-refractivity contribution is -0.137. The number of hydrogen-bond acceptors (Lipinski definition) is 7. The zero-order chi connectivity index (χ0) is 18.4. The molecule has 8 nitrogen and oxygen atoms in total. The third kappa shape index (κ3) is 4.78. The highest BCUT2D eigenvalue weighted by Gasteiger charge is 2.31. The molecule has 1 fully saturated rings. The molecule has 0 spiro atoms. The molecule has 10 heteroatoms. The molecule has 2 heterocycles. The molecule has 0 radical (unpaired) electrons. The van der Waals surface area contributed by atoms with Crippen molar-refractivity contribution >= 4 is 33.2 Å². The van der Waals surface area contributed by atoms with Crippen LogP contribution in [0.3, 0.4) is 0 Å². The van der Waals surface area contributed by atoms with E-state index in [0.717, 1.165) is 17.8 Å². The van der Waals surface area contributed by atoms with Crippen LogP contribution in [0, 0.1) is 0 Å². The molecule has 0 saturated carbocycles. The van der Waals surface area contributed by atoms with Gasteiger partial charge in [0.1, 0.15) is 10.8 Å². The zero-order valence-electron chi connectivity index (χ0n) is 14.3. The van der Waals surface area contributed by atoms with Crippen LogP contribution >= 0.6 is 11.3 Å². The van der Waals surface area contributed by atoms with Gasteiger partial charge in [-0.25, -0.2) is 13.2 Å². The Labute approximate surface area is 151 Å². The Morgan fingerprint density at radius 2 is 1.92 bits per heavy atom. The standard InChI is InChI=1S/C15H22N2O6S2/c1-3-8-23-10-13(18)16-4-6-17(7-5-16)25(20,21)14-9-12(11-24-14)15(19)22-2/h9,11H,3-8,10H2,1-2H3. The number of nitrogens with zero attached hydrogens (tertiary/aromatic N) is 2. The number of ether oxygens (including phenoxy) is 2. The minimum absolute atomic E-state index is 0.0218. The predicted octanol–water partition coefficient (Wildman–Crippen LogP) is 0.794. The summed E-state index contributed by atoms with van der Waals surface area (Å²) >= 11 is 0.984. The summed E-state index contributed by atoms with van der Waals surface area (Å²) in [6, 6.07) is 1.32. The van der Waals surface area contributed by atoms with E-state index in [1.807, 2.05) is 6.92 Å². The van der Waals surface area contributed by atoms with Crippen molar-refractivity contribution in [1.82, 2.24) is 9.21 Å². The normalized spacial score (nSPS) is 16.0. The zero-order valence-corrected chi connectivity index (χ0v) is 15.9. The molecule has 1 aliphatic rings. The summed E-state index contributed by atoms with van der Waals surface area (Å²) in [5, 5.41) is 1.46. The van der Waals surface area contributed by atoms with Crippen LogP contribution in [-0.4, -0.2) is 76.0 Å². The largest absolute Gasteiger partial charge is 0.465 e. The Morgan fingerprint density at radius 3 is 2.52 bits per heavy atom. The number of piperazine rings is 1. The van der Waals surface area contributed by atoms with Gasteiger partial charge in [-0.1, -0.05) is 6.92 Å². The van der Waals surface area contributed by atoms with Crippen molar-refractivity contribution in [3.8, 4) is 0 Å². The second kappa shape index (κ2) is 8.75. The Balaban J connectivity index is 1.96. The van der Waals surface area contributed by atoms with E-state index in [2.05, 4.69) is 4.74 Å². The fraction of sp³-hybridized carbons (Fsp3) is 0.600. The van der Waals surface area contributed by atoms with Crippen LogP contribution in [0.4, 0.5) is 0 Å². The molecule has 0 atom stereocenters. The maximum absolute atomic E-state index is 12.7. The Hall–Kier alpha value is -1.49. The van der Waals surface area contributed by atoms with E-state index in [1.54, 1.807) is 4.90 Å². The average molecular weight is 390 g/mol. The van der Waals surface area contributed by atoms with E-state index in [1.165, 1.54) is 22.9 Å². The molecule has 1 aromatic heterocycles. The Morgan fingerprint density at radius 1 is 1.24 bits per heavy atom. The van der Waals surface area contributed by atoms with E-state index in [9.17, 15) is 18.0 Å². The van der Waals surface area contributed by atoms with Crippen LogP contribution in [-0.2, 0) is 24.3 Å². The molecule has 0 N–H and O–H groups in total. The van der Waals surface area contributed by atoms with Gasteiger partial charge in [0.15, 0.2) is 0 Å². The number of amides is 1. The molecular weight excluding hydrogens is 368 g/mol. The van der Waals surface area contributed by atoms with Crippen LogP contribution in [0.25, 0.3) is 0 Å². The monoisotopic (exact) mass is 390 g/mol. The number of hydrogen-bond donors (Lipinski definition) is 0. The number of sulfonamides is 1. The van der Waals surface area contributed by atoms with E-state index < -0.39 is 16.0 Å². The topological polar surface area (TPSA) is 93.2 Å². The fourth-order valence-corrected chi connectivity index (χ4v) is 5.10. The minimum Gasteiger partial charge on any atom is -0.465 e. The summed E-state index contributed by atoms with van der Waals surface area (Å²) in [6.07, 6.45) is 0.841. The highest BCUT2D eigenvalue weighted by molar-refractivity contribution is 7.91. The summed E-state index contributed by atoms with van der Waals surface area (Å²) in [5.41, 5.74) is 0.216. The van der Waals surface area contributed by atoms with Gasteiger partial charge in [-0.05, 0) is 12.5 Å². The van der Waals surface area contributed by atoms with Gasteiger partial charge in [-0.15, -0.1) is 11.3 Å². The smallest absolute Gasteiger partial charge is 0.338 e. The number of carbonyl (C=O) groups is 2. The van der Waals surface area contributed by atoms with Crippen LogP contribution < -0.4 is 0 Å². The summed E-state index contributed by atoms with van der Waals surface area (Å²) in [5.74, 6) is -0.699. The third-order valence-electron chi connectivity index (χ3n) is 3.76. The van der Waals surface area contributed by atoms with Gasteiger partial charge in [0.25, 0.3) is 10.0 Å².